The van der Waals surface area contributed by atoms with E-state index in [1.54, 1.807) is 38.1 Å². The summed E-state index contributed by atoms with van der Waals surface area (Å²) < 4.78 is 6.76. The minimum Gasteiger partial charge on any atom is -0.333 e. The Morgan fingerprint density at radius 2 is 1.81 bits per heavy atom. The van der Waals surface area contributed by atoms with Crippen LogP contribution in [0.3, 0.4) is 0 Å². The number of amides is 1. The summed E-state index contributed by atoms with van der Waals surface area (Å²) >= 11 is 6.10. The number of para-hydroxylation sites is 1. The highest BCUT2D eigenvalue weighted by Gasteiger charge is 2.20. The molecule has 0 bridgehead atoms. The number of halogens is 1. The molecule has 0 aliphatic rings. The Hall–Kier alpha value is -3.71. The van der Waals surface area contributed by atoms with Gasteiger partial charge in [-0.05, 0) is 37.6 Å². The predicted molar refractivity (Wildman–Crippen MR) is 119 cm³/mol. The molecular weight excluding hydrogens is 416 g/mol. The first-order valence-electron chi connectivity index (χ1n) is 9.59. The van der Waals surface area contributed by atoms with E-state index in [9.17, 15) is 9.59 Å². The molecule has 0 unspecified atom stereocenters. The molecule has 0 atom stereocenters. The fourth-order valence-corrected chi connectivity index (χ4v) is 3.49. The smallest absolute Gasteiger partial charge is 0.264 e. The van der Waals surface area contributed by atoms with Crippen LogP contribution in [0.2, 0.25) is 5.02 Å². The SMILES string of the molecule is Cc1cc(C)n(CC(=O)Nc2ccccc2Cl)c(=O)c1-c1nc(-c2ccccc2)no1. The van der Waals surface area contributed by atoms with Crippen molar-refractivity contribution in [2.75, 3.05) is 5.32 Å². The van der Waals surface area contributed by atoms with E-state index in [0.29, 0.717) is 27.8 Å². The standard InChI is InChI=1S/C23H19ClN4O3/c1-14-12-15(2)28(13-19(29)25-18-11-7-6-10-17(18)24)23(30)20(14)22-26-21(27-31-22)16-8-4-3-5-9-16/h3-12H,13H2,1-2H3,(H,25,29). The maximum absolute atomic E-state index is 13.2. The second kappa shape index (κ2) is 8.57. The molecule has 0 saturated carbocycles. The van der Waals surface area contributed by atoms with Gasteiger partial charge in [-0.1, -0.05) is 59.2 Å². The molecule has 2 heterocycles. The number of benzene rings is 2. The van der Waals surface area contributed by atoms with E-state index in [2.05, 4.69) is 15.5 Å². The molecule has 0 fully saturated rings. The van der Waals surface area contributed by atoms with Crippen LogP contribution in [-0.4, -0.2) is 20.6 Å². The van der Waals surface area contributed by atoms with Crippen LogP contribution in [0.4, 0.5) is 5.69 Å². The molecule has 0 aliphatic carbocycles. The van der Waals surface area contributed by atoms with E-state index < -0.39 is 0 Å². The minimum absolute atomic E-state index is 0.113. The lowest BCUT2D eigenvalue weighted by Crippen LogP contribution is -2.30. The lowest BCUT2D eigenvalue weighted by Gasteiger charge is -2.13. The van der Waals surface area contributed by atoms with Crippen molar-refractivity contribution in [3.8, 4) is 22.8 Å². The van der Waals surface area contributed by atoms with Gasteiger partial charge in [-0.3, -0.25) is 9.59 Å². The van der Waals surface area contributed by atoms with Crippen molar-refractivity contribution in [2.45, 2.75) is 20.4 Å². The summed E-state index contributed by atoms with van der Waals surface area (Å²) in [7, 11) is 0. The number of aromatic nitrogens is 3. The Morgan fingerprint density at radius 1 is 1.10 bits per heavy atom. The first kappa shape index (κ1) is 20.6. The Labute approximate surface area is 183 Å². The third-order valence-electron chi connectivity index (χ3n) is 4.83. The molecule has 156 valence electrons. The molecule has 1 amide bonds. The molecule has 0 spiro atoms. The van der Waals surface area contributed by atoms with E-state index in [1.165, 1.54) is 4.57 Å². The monoisotopic (exact) mass is 434 g/mol. The van der Waals surface area contributed by atoms with Gasteiger partial charge in [0.15, 0.2) is 0 Å². The van der Waals surface area contributed by atoms with E-state index in [1.807, 2.05) is 36.4 Å². The molecule has 0 radical (unpaired) electrons. The highest BCUT2D eigenvalue weighted by atomic mass is 35.5. The number of nitrogens with zero attached hydrogens (tertiary/aromatic N) is 3. The maximum atomic E-state index is 13.2. The normalized spacial score (nSPS) is 10.8. The molecule has 0 saturated heterocycles. The number of hydrogen-bond donors (Lipinski definition) is 1. The molecule has 31 heavy (non-hydrogen) atoms. The van der Waals surface area contributed by atoms with Crippen molar-refractivity contribution in [3.05, 3.63) is 87.3 Å². The Bertz CT molecular complexity index is 1310. The number of anilines is 1. The van der Waals surface area contributed by atoms with Crippen molar-refractivity contribution >= 4 is 23.2 Å². The zero-order chi connectivity index (χ0) is 22.0. The number of aryl methyl sites for hydroxylation is 2. The average Bonchev–Trinajstić information content (AvgIpc) is 3.23. The Kier molecular flexibility index (Phi) is 5.68. The van der Waals surface area contributed by atoms with Crippen LogP contribution in [0, 0.1) is 13.8 Å². The summed E-state index contributed by atoms with van der Waals surface area (Å²) in [6.07, 6.45) is 0. The number of nitrogens with one attached hydrogen (secondary N) is 1. The van der Waals surface area contributed by atoms with Crippen molar-refractivity contribution in [2.24, 2.45) is 0 Å². The third kappa shape index (κ3) is 4.27. The lowest BCUT2D eigenvalue weighted by atomic mass is 10.1. The van der Waals surface area contributed by atoms with Crippen LogP contribution in [0.15, 0.2) is 70.0 Å². The van der Waals surface area contributed by atoms with Crippen molar-refractivity contribution < 1.29 is 9.32 Å². The lowest BCUT2D eigenvalue weighted by molar-refractivity contribution is -0.116. The molecule has 0 aliphatic heterocycles. The molecule has 7 nitrogen and oxygen atoms in total. The molecule has 2 aromatic carbocycles. The summed E-state index contributed by atoms with van der Waals surface area (Å²) in [5.41, 5.74) is 2.48. The minimum atomic E-state index is -0.380. The molecule has 8 heteroatoms. The summed E-state index contributed by atoms with van der Waals surface area (Å²) in [6, 6.07) is 18.1. The first-order chi connectivity index (χ1) is 14.9. The second-order valence-corrected chi connectivity index (χ2v) is 7.46. The van der Waals surface area contributed by atoms with Gasteiger partial charge < -0.3 is 14.4 Å². The van der Waals surface area contributed by atoms with Crippen LogP contribution >= 0.6 is 11.6 Å². The number of carbonyl (C=O) groups excluding carboxylic acids is 1. The van der Waals surface area contributed by atoms with Crippen LogP contribution in [0.1, 0.15) is 11.3 Å². The number of carbonyl (C=O) groups is 1. The largest absolute Gasteiger partial charge is 0.333 e. The van der Waals surface area contributed by atoms with E-state index in [4.69, 9.17) is 16.1 Å². The molecule has 4 aromatic rings. The molecule has 1 N–H and O–H groups in total. The van der Waals surface area contributed by atoms with Crippen molar-refractivity contribution in [1.82, 2.24) is 14.7 Å². The summed E-state index contributed by atoms with van der Waals surface area (Å²) in [6.45, 7) is 3.39. The predicted octanol–water partition coefficient (Wildman–Crippen LogP) is 4.47. The molecule has 2 aromatic heterocycles. The molecule has 4 rings (SSSR count). The highest BCUT2D eigenvalue weighted by Crippen LogP contribution is 2.23. The Balaban J connectivity index is 1.66. The number of hydrogen-bond acceptors (Lipinski definition) is 5. The van der Waals surface area contributed by atoms with Crippen LogP contribution < -0.4 is 10.9 Å². The van der Waals surface area contributed by atoms with Crippen LogP contribution in [0.5, 0.6) is 0 Å². The summed E-state index contributed by atoms with van der Waals surface area (Å²) in [5.74, 6) is 0.128. The third-order valence-corrected chi connectivity index (χ3v) is 5.16. The summed E-state index contributed by atoms with van der Waals surface area (Å²) in [5, 5.41) is 7.15. The van der Waals surface area contributed by atoms with Gasteiger partial charge in [0.05, 0.1) is 10.7 Å². The Morgan fingerprint density at radius 3 is 2.55 bits per heavy atom. The van der Waals surface area contributed by atoms with Gasteiger partial charge in [0.25, 0.3) is 11.4 Å². The van der Waals surface area contributed by atoms with Gasteiger partial charge in [0.1, 0.15) is 12.1 Å². The van der Waals surface area contributed by atoms with Crippen LogP contribution in [0.25, 0.3) is 22.8 Å². The van der Waals surface area contributed by atoms with Gasteiger partial charge in [0, 0.05) is 11.3 Å². The van der Waals surface area contributed by atoms with E-state index in [-0.39, 0.29) is 29.5 Å². The van der Waals surface area contributed by atoms with Crippen molar-refractivity contribution in [1.29, 1.82) is 0 Å². The zero-order valence-corrected chi connectivity index (χ0v) is 17.7. The average molecular weight is 435 g/mol. The topological polar surface area (TPSA) is 90.0 Å². The maximum Gasteiger partial charge on any atom is 0.264 e. The summed E-state index contributed by atoms with van der Waals surface area (Å²) in [4.78, 5) is 30.2. The second-order valence-electron chi connectivity index (χ2n) is 7.05. The van der Waals surface area contributed by atoms with Gasteiger partial charge >= 0.3 is 0 Å². The fraction of sp³-hybridized carbons (Fsp3) is 0.130. The van der Waals surface area contributed by atoms with Gasteiger partial charge in [0.2, 0.25) is 11.7 Å². The van der Waals surface area contributed by atoms with Gasteiger partial charge in [-0.2, -0.15) is 4.98 Å². The van der Waals surface area contributed by atoms with E-state index >= 15 is 0 Å². The van der Waals surface area contributed by atoms with E-state index in [0.717, 1.165) is 5.56 Å². The van der Waals surface area contributed by atoms with Gasteiger partial charge in [-0.25, -0.2) is 0 Å². The molecular formula is C23H19ClN4O3. The fourth-order valence-electron chi connectivity index (χ4n) is 3.31. The quantitative estimate of drug-likeness (QED) is 0.500. The zero-order valence-electron chi connectivity index (χ0n) is 16.9. The van der Waals surface area contributed by atoms with Crippen LogP contribution in [-0.2, 0) is 11.3 Å². The van der Waals surface area contributed by atoms with Gasteiger partial charge in [-0.15, -0.1) is 0 Å². The highest BCUT2D eigenvalue weighted by molar-refractivity contribution is 6.33. The number of rotatable bonds is 5. The first-order valence-corrected chi connectivity index (χ1v) is 9.97. The van der Waals surface area contributed by atoms with Crippen molar-refractivity contribution in [3.63, 3.8) is 0 Å². The number of pyridine rings is 1.